The summed E-state index contributed by atoms with van der Waals surface area (Å²) in [7, 11) is 0. The number of ether oxygens (including phenoxy) is 1. The highest BCUT2D eigenvalue weighted by molar-refractivity contribution is 6.31. The van der Waals surface area contributed by atoms with E-state index in [2.05, 4.69) is 15.1 Å². The summed E-state index contributed by atoms with van der Waals surface area (Å²) >= 11 is 6.84. The van der Waals surface area contributed by atoms with E-state index in [1.165, 1.54) is 6.33 Å². The van der Waals surface area contributed by atoms with Crippen LogP contribution in [0.1, 0.15) is 47.1 Å². The van der Waals surface area contributed by atoms with Crippen molar-refractivity contribution in [1.82, 2.24) is 24.6 Å². The number of nitrogens with two attached hydrogens (primary N) is 1. The van der Waals surface area contributed by atoms with Gasteiger partial charge in [-0.05, 0) is 26.3 Å². The summed E-state index contributed by atoms with van der Waals surface area (Å²) in [6, 6.07) is 0. The predicted octanol–water partition coefficient (Wildman–Crippen LogP) is 2.55. The van der Waals surface area contributed by atoms with Crippen LogP contribution in [0.4, 0.5) is 5.82 Å². The van der Waals surface area contributed by atoms with Crippen molar-refractivity contribution in [3.05, 3.63) is 51.7 Å². The summed E-state index contributed by atoms with van der Waals surface area (Å²) in [6.45, 7) is 6.68. The fourth-order valence-corrected chi connectivity index (χ4v) is 4.77. The molecular weight excluding hydrogens is 448 g/mol. The van der Waals surface area contributed by atoms with Gasteiger partial charge in [-0.1, -0.05) is 24.6 Å². The van der Waals surface area contributed by atoms with Crippen molar-refractivity contribution >= 4 is 29.3 Å². The lowest BCUT2D eigenvalue weighted by Crippen LogP contribution is -2.34. The van der Waals surface area contributed by atoms with Crippen LogP contribution in [0.25, 0.3) is 0 Å². The maximum atomic E-state index is 13.2. The topological polar surface area (TPSA) is 136 Å². The molecule has 33 heavy (non-hydrogen) atoms. The van der Waals surface area contributed by atoms with Crippen LogP contribution in [-0.4, -0.2) is 54.8 Å². The maximum absolute atomic E-state index is 13.2. The van der Waals surface area contributed by atoms with Crippen molar-refractivity contribution in [2.45, 2.75) is 45.6 Å². The normalized spacial score (nSPS) is 20.5. The first kappa shape index (κ1) is 22.8. The lowest BCUT2D eigenvalue weighted by molar-refractivity contribution is -0.137. The quantitative estimate of drug-likeness (QED) is 0.677. The van der Waals surface area contributed by atoms with Crippen LogP contribution in [0.3, 0.4) is 0 Å². The Labute approximate surface area is 195 Å². The number of halogens is 1. The molecule has 0 fully saturated rings. The zero-order valence-corrected chi connectivity index (χ0v) is 19.4. The standard InChI is InChI=1S/C22H25ClN6O4/c1-12-18(13(2)29(27-12)7-5-16(30)31)22(3)6-4-14(10-15(22)23)28-8-9-33-20-17(21(28)32)19(24)25-11-26-20/h4,10-11H,5-9H2,1-3H3,(H,30,31)(H2,24,25,26). The molecule has 1 aliphatic heterocycles. The number of carboxylic acids is 1. The summed E-state index contributed by atoms with van der Waals surface area (Å²) in [5.74, 6) is -0.984. The van der Waals surface area contributed by atoms with E-state index in [1.807, 2.05) is 26.8 Å². The third-order valence-electron chi connectivity index (χ3n) is 6.16. The molecule has 0 saturated carbocycles. The van der Waals surface area contributed by atoms with E-state index in [0.29, 0.717) is 23.7 Å². The molecule has 3 N–H and O–H groups in total. The number of aliphatic carboxylic acids is 1. The van der Waals surface area contributed by atoms with Gasteiger partial charge in [-0.3, -0.25) is 14.3 Å². The molecule has 1 amide bonds. The molecule has 0 aromatic carbocycles. The summed E-state index contributed by atoms with van der Waals surface area (Å²) in [6.07, 6.45) is 5.52. The molecule has 1 unspecified atom stereocenters. The molecule has 1 atom stereocenters. The molecule has 3 heterocycles. The van der Waals surface area contributed by atoms with Crippen molar-refractivity contribution in [1.29, 1.82) is 0 Å². The average Bonchev–Trinajstić information content (AvgIpc) is 2.93. The number of carbonyl (C=O) groups excluding carboxylic acids is 1. The van der Waals surface area contributed by atoms with E-state index < -0.39 is 11.4 Å². The van der Waals surface area contributed by atoms with Gasteiger partial charge in [-0.2, -0.15) is 5.10 Å². The van der Waals surface area contributed by atoms with Crippen LogP contribution < -0.4 is 10.5 Å². The summed E-state index contributed by atoms with van der Waals surface area (Å²) in [4.78, 5) is 33.8. The molecule has 0 bridgehead atoms. The highest BCUT2D eigenvalue weighted by Gasteiger charge is 2.39. The first-order chi connectivity index (χ1) is 15.6. The molecule has 0 saturated heterocycles. The fraction of sp³-hybridized carbons (Fsp3) is 0.409. The Balaban J connectivity index is 1.65. The highest BCUT2D eigenvalue weighted by atomic mass is 35.5. The number of fused-ring (bicyclic) bond motifs is 1. The largest absolute Gasteiger partial charge is 0.481 e. The van der Waals surface area contributed by atoms with Gasteiger partial charge < -0.3 is 20.5 Å². The number of carboxylic acid groups (broad SMARTS) is 1. The minimum atomic E-state index is -0.878. The number of rotatable bonds is 5. The second kappa shape index (κ2) is 8.51. The van der Waals surface area contributed by atoms with Crippen LogP contribution in [0.2, 0.25) is 0 Å². The van der Waals surface area contributed by atoms with Gasteiger partial charge in [0, 0.05) is 27.4 Å². The summed E-state index contributed by atoms with van der Waals surface area (Å²) in [5.41, 5.74) is 8.78. The van der Waals surface area contributed by atoms with Crippen molar-refractivity contribution < 1.29 is 19.4 Å². The van der Waals surface area contributed by atoms with Crippen LogP contribution in [0.5, 0.6) is 5.88 Å². The molecular formula is C22H25ClN6O4. The average molecular weight is 473 g/mol. The Morgan fingerprint density at radius 1 is 1.36 bits per heavy atom. The Hall–Kier alpha value is -3.40. The predicted molar refractivity (Wildman–Crippen MR) is 121 cm³/mol. The lowest BCUT2D eigenvalue weighted by Gasteiger charge is -2.34. The highest BCUT2D eigenvalue weighted by Crippen LogP contribution is 2.45. The second-order valence-electron chi connectivity index (χ2n) is 8.31. The molecule has 0 radical (unpaired) electrons. The Kier molecular flexibility index (Phi) is 5.87. The number of hydrogen-bond acceptors (Lipinski definition) is 7. The van der Waals surface area contributed by atoms with E-state index in [4.69, 9.17) is 27.2 Å². The number of aromatic nitrogens is 4. The Bertz CT molecular complexity index is 1200. The van der Waals surface area contributed by atoms with E-state index in [9.17, 15) is 9.59 Å². The zero-order chi connectivity index (χ0) is 23.9. The minimum absolute atomic E-state index is 0.0147. The van der Waals surface area contributed by atoms with Gasteiger partial charge in [0.25, 0.3) is 5.91 Å². The molecule has 0 spiro atoms. The Morgan fingerprint density at radius 2 is 2.12 bits per heavy atom. The van der Waals surface area contributed by atoms with Crippen LogP contribution in [-0.2, 0) is 16.8 Å². The molecule has 2 aromatic rings. The first-order valence-electron chi connectivity index (χ1n) is 10.5. The summed E-state index contributed by atoms with van der Waals surface area (Å²) < 4.78 is 7.32. The van der Waals surface area contributed by atoms with Gasteiger partial charge in [-0.25, -0.2) is 9.97 Å². The summed E-state index contributed by atoms with van der Waals surface area (Å²) in [5, 5.41) is 14.1. The monoisotopic (exact) mass is 472 g/mol. The third kappa shape index (κ3) is 3.95. The molecule has 2 aromatic heterocycles. The first-order valence-corrected chi connectivity index (χ1v) is 10.9. The lowest BCUT2D eigenvalue weighted by atomic mass is 9.75. The van der Waals surface area contributed by atoms with Crippen molar-refractivity contribution in [2.75, 3.05) is 18.9 Å². The van der Waals surface area contributed by atoms with Gasteiger partial charge in [0.1, 0.15) is 24.3 Å². The second-order valence-corrected chi connectivity index (χ2v) is 8.72. The van der Waals surface area contributed by atoms with Crippen molar-refractivity contribution in [3.63, 3.8) is 0 Å². The zero-order valence-electron chi connectivity index (χ0n) is 18.6. The van der Waals surface area contributed by atoms with E-state index in [0.717, 1.165) is 17.0 Å². The molecule has 11 heteroatoms. The van der Waals surface area contributed by atoms with Crippen molar-refractivity contribution in [3.8, 4) is 5.88 Å². The molecule has 4 rings (SSSR count). The van der Waals surface area contributed by atoms with Gasteiger partial charge in [-0.15, -0.1) is 0 Å². The smallest absolute Gasteiger partial charge is 0.305 e. The maximum Gasteiger partial charge on any atom is 0.305 e. The van der Waals surface area contributed by atoms with Gasteiger partial charge in [0.15, 0.2) is 0 Å². The third-order valence-corrected chi connectivity index (χ3v) is 6.68. The van der Waals surface area contributed by atoms with E-state index in [1.54, 1.807) is 15.7 Å². The van der Waals surface area contributed by atoms with E-state index >= 15 is 0 Å². The molecule has 174 valence electrons. The number of hydrogen-bond donors (Lipinski definition) is 2. The van der Waals surface area contributed by atoms with Crippen LogP contribution >= 0.6 is 11.6 Å². The van der Waals surface area contributed by atoms with Gasteiger partial charge in [0.05, 0.1) is 25.2 Å². The number of allylic oxidation sites excluding steroid dienone is 3. The van der Waals surface area contributed by atoms with Gasteiger partial charge >= 0.3 is 5.97 Å². The van der Waals surface area contributed by atoms with Crippen LogP contribution in [0, 0.1) is 13.8 Å². The SMILES string of the molecule is Cc1nn(CCC(=O)O)c(C)c1C1(C)CC=C(N2CCOc3ncnc(N)c3C2=O)C=C1Cl. The van der Waals surface area contributed by atoms with Gasteiger partial charge in [0.2, 0.25) is 5.88 Å². The van der Waals surface area contributed by atoms with E-state index in [-0.39, 0.29) is 42.7 Å². The number of aryl methyl sites for hydroxylation is 2. The number of amides is 1. The Morgan fingerprint density at radius 3 is 2.82 bits per heavy atom. The molecule has 1 aliphatic carbocycles. The number of nitrogens with zero attached hydrogens (tertiary/aromatic N) is 5. The minimum Gasteiger partial charge on any atom is -0.481 e. The fourth-order valence-electron chi connectivity index (χ4n) is 4.49. The number of anilines is 1. The molecule has 10 nitrogen and oxygen atoms in total. The van der Waals surface area contributed by atoms with Crippen LogP contribution in [0.15, 0.2) is 29.2 Å². The van der Waals surface area contributed by atoms with Crippen molar-refractivity contribution in [2.24, 2.45) is 0 Å². The number of carbonyl (C=O) groups is 2. The molecule has 2 aliphatic rings. The number of nitrogen functional groups attached to an aromatic ring is 1.